The zero-order chi connectivity index (χ0) is 20.9. The van der Waals surface area contributed by atoms with Gasteiger partial charge in [0.25, 0.3) is 0 Å². The summed E-state index contributed by atoms with van der Waals surface area (Å²) in [6.45, 7) is 15.6. The monoisotopic (exact) mass is 381 g/mol. The maximum Gasteiger partial charge on any atom is 0.0459 e. The third kappa shape index (κ3) is 3.40. The molecule has 0 bridgehead atoms. The SMILES string of the molecule is Cc1cn2cc(-c3ccc(C)c(C)c3C)cc2cc1Cc1ccc(C)c(C)c1C. The highest BCUT2D eigenvalue weighted by Crippen LogP contribution is 2.30. The largest absolute Gasteiger partial charge is 0.323 e. The lowest BCUT2D eigenvalue weighted by Crippen LogP contribution is -1.99. The summed E-state index contributed by atoms with van der Waals surface area (Å²) in [6.07, 6.45) is 5.53. The van der Waals surface area contributed by atoms with E-state index in [0.717, 1.165) is 6.42 Å². The van der Waals surface area contributed by atoms with Gasteiger partial charge in [-0.3, -0.25) is 0 Å². The van der Waals surface area contributed by atoms with Crippen molar-refractivity contribution in [2.75, 3.05) is 0 Å². The molecule has 1 heteroatoms. The molecule has 2 heterocycles. The average Bonchev–Trinajstić information content (AvgIpc) is 3.09. The van der Waals surface area contributed by atoms with Crippen molar-refractivity contribution in [3.63, 3.8) is 0 Å². The summed E-state index contributed by atoms with van der Waals surface area (Å²) in [6, 6.07) is 13.7. The third-order valence-electron chi connectivity index (χ3n) is 6.96. The van der Waals surface area contributed by atoms with Crippen molar-refractivity contribution < 1.29 is 0 Å². The number of aryl methyl sites for hydroxylation is 3. The van der Waals surface area contributed by atoms with Gasteiger partial charge in [-0.2, -0.15) is 0 Å². The third-order valence-corrected chi connectivity index (χ3v) is 6.96. The molecule has 2 aromatic heterocycles. The molecule has 4 aromatic rings. The molecule has 1 nitrogen and oxygen atoms in total. The highest BCUT2D eigenvalue weighted by Gasteiger charge is 2.11. The Morgan fingerprint density at radius 2 is 1.24 bits per heavy atom. The summed E-state index contributed by atoms with van der Waals surface area (Å²) in [4.78, 5) is 0. The summed E-state index contributed by atoms with van der Waals surface area (Å²) in [5.41, 5.74) is 16.4. The van der Waals surface area contributed by atoms with Gasteiger partial charge in [0.05, 0.1) is 0 Å². The summed E-state index contributed by atoms with van der Waals surface area (Å²) < 4.78 is 2.27. The molecule has 29 heavy (non-hydrogen) atoms. The molecule has 0 spiro atoms. The van der Waals surface area contributed by atoms with Crippen LogP contribution in [0.3, 0.4) is 0 Å². The van der Waals surface area contributed by atoms with E-state index in [1.54, 1.807) is 0 Å². The van der Waals surface area contributed by atoms with E-state index in [4.69, 9.17) is 0 Å². The molecule has 148 valence electrons. The Morgan fingerprint density at radius 1 is 0.586 bits per heavy atom. The van der Waals surface area contributed by atoms with Crippen molar-refractivity contribution >= 4 is 5.52 Å². The van der Waals surface area contributed by atoms with Crippen LogP contribution in [0, 0.1) is 48.5 Å². The number of aromatic nitrogens is 1. The highest BCUT2D eigenvalue weighted by molar-refractivity contribution is 5.74. The second kappa shape index (κ2) is 7.22. The predicted octanol–water partition coefficient (Wildman–Crippen LogP) is 7.36. The first kappa shape index (κ1) is 19.5. The van der Waals surface area contributed by atoms with Gasteiger partial charge in [0.1, 0.15) is 0 Å². The molecule has 0 amide bonds. The maximum absolute atomic E-state index is 2.36. The van der Waals surface area contributed by atoms with Crippen LogP contribution in [0.1, 0.15) is 50.1 Å². The molecule has 0 aliphatic heterocycles. The molecule has 0 aliphatic carbocycles. The molecule has 0 saturated heterocycles. The van der Waals surface area contributed by atoms with Gasteiger partial charge in [-0.25, -0.2) is 0 Å². The van der Waals surface area contributed by atoms with Crippen LogP contribution in [0.15, 0.2) is 48.8 Å². The van der Waals surface area contributed by atoms with E-state index in [9.17, 15) is 0 Å². The first-order valence-corrected chi connectivity index (χ1v) is 10.5. The van der Waals surface area contributed by atoms with E-state index in [2.05, 4.69) is 102 Å². The molecule has 4 rings (SSSR count). The summed E-state index contributed by atoms with van der Waals surface area (Å²) >= 11 is 0. The van der Waals surface area contributed by atoms with Gasteiger partial charge in [0, 0.05) is 23.5 Å². The Labute approximate surface area is 175 Å². The summed E-state index contributed by atoms with van der Waals surface area (Å²) in [5.74, 6) is 0. The van der Waals surface area contributed by atoms with Crippen LogP contribution >= 0.6 is 0 Å². The molecule has 0 unspecified atom stereocenters. The van der Waals surface area contributed by atoms with Crippen molar-refractivity contribution in [1.82, 2.24) is 4.40 Å². The van der Waals surface area contributed by atoms with Crippen molar-refractivity contribution in [2.24, 2.45) is 0 Å². The van der Waals surface area contributed by atoms with Crippen LogP contribution in [-0.4, -0.2) is 4.40 Å². The Hall–Kier alpha value is -2.80. The molecular weight excluding hydrogens is 350 g/mol. The summed E-state index contributed by atoms with van der Waals surface area (Å²) in [5, 5.41) is 0. The molecule has 0 saturated carbocycles. The van der Waals surface area contributed by atoms with E-state index in [1.807, 2.05) is 0 Å². The molecule has 0 fully saturated rings. The quantitative estimate of drug-likeness (QED) is 0.349. The number of benzene rings is 2. The minimum absolute atomic E-state index is 0.985. The standard InChI is InChI=1S/C28H31N/c1-17-8-10-24(22(6)20(17)4)12-25-13-27-14-26(16-29(27)15-19(25)3)28-11-9-18(2)21(5)23(28)7/h8-11,13-16H,12H2,1-7H3. The van der Waals surface area contributed by atoms with Gasteiger partial charge >= 0.3 is 0 Å². The first-order valence-electron chi connectivity index (χ1n) is 10.5. The van der Waals surface area contributed by atoms with E-state index >= 15 is 0 Å². The number of pyridine rings is 1. The fraction of sp³-hybridized carbons (Fsp3) is 0.286. The Kier molecular flexibility index (Phi) is 4.86. The molecule has 2 aromatic carbocycles. The molecular formula is C28H31N. The fourth-order valence-corrected chi connectivity index (χ4v) is 4.32. The number of rotatable bonds is 3. The van der Waals surface area contributed by atoms with E-state index in [1.165, 1.54) is 66.7 Å². The van der Waals surface area contributed by atoms with Crippen molar-refractivity contribution in [3.05, 3.63) is 98.9 Å². The van der Waals surface area contributed by atoms with Crippen molar-refractivity contribution in [3.8, 4) is 11.1 Å². The number of nitrogens with zero attached hydrogens (tertiary/aromatic N) is 1. The number of fused-ring (bicyclic) bond motifs is 1. The number of hydrogen-bond donors (Lipinski definition) is 0. The lowest BCUT2D eigenvalue weighted by atomic mass is 9.93. The maximum atomic E-state index is 2.36. The lowest BCUT2D eigenvalue weighted by molar-refractivity contribution is 1.07. The first-order chi connectivity index (χ1) is 13.8. The van der Waals surface area contributed by atoms with E-state index in [-0.39, 0.29) is 0 Å². The van der Waals surface area contributed by atoms with Gasteiger partial charge in [-0.05, 0) is 123 Å². The summed E-state index contributed by atoms with van der Waals surface area (Å²) in [7, 11) is 0. The zero-order valence-electron chi connectivity index (χ0n) is 18.8. The van der Waals surface area contributed by atoms with Crippen LogP contribution < -0.4 is 0 Å². The van der Waals surface area contributed by atoms with Crippen molar-refractivity contribution in [2.45, 2.75) is 54.9 Å². The average molecular weight is 382 g/mol. The Bertz CT molecular complexity index is 1240. The van der Waals surface area contributed by atoms with Crippen LogP contribution in [0.4, 0.5) is 0 Å². The van der Waals surface area contributed by atoms with Crippen LogP contribution in [0.5, 0.6) is 0 Å². The second-order valence-electron chi connectivity index (χ2n) is 8.69. The normalized spacial score (nSPS) is 11.4. The topological polar surface area (TPSA) is 4.41 Å². The van der Waals surface area contributed by atoms with Gasteiger partial charge in [-0.15, -0.1) is 0 Å². The van der Waals surface area contributed by atoms with Gasteiger partial charge in [0.2, 0.25) is 0 Å². The lowest BCUT2D eigenvalue weighted by Gasteiger charge is -2.13. The Balaban J connectivity index is 1.77. The van der Waals surface area contributed by atoms with Crippen molar-refractivity contribution in [1.29, 1.82) is 0 Å². The zero-order valence-corrected chi connectivity index (χ0v) is 18.8. The minimum Gasteiger partial charge on any atom is -0.323 e. The van der Waals surface area contributed by atoms with Crippen LogP contribution in [0.25, 0.3) is 16.6 Å². The van der Waals surface area contributed by atoms with Gasteiger partial charge in [-0.1, -0.05) is 24.3 Å². The highest BCUT2D eigenvalue weighted by atomic mass is 14.9. The van der Waals surface area contributed by atoms with E-state index < -0.39 is 0 Å². The fourth-order valence-electron chi connectivity index (χ4n) is 4.32. The molecule has 0 atom stereocenters. The molecule has 0 radical (unpaired) electrons. The number of hydrogen-bond acceptors (Lipinski definition) is 0. The Morgan fingerprint density at radius 3 is 1.97 bits per heavy atom. The second-order valence-corrected chi connectivity index (χ2v) is 8.69. The van der Waals surface area contributed by atoms with Gasteiger partial charge < -0.3 is 4.40 Å². The molecule has 0 aliphatic rings. The molecule has 0 N–H and O–H groups in total. The van der Waals surface area contributed by atoms with E-state index in [0.29, 0.717) is 0 Å². The predicted molar refractivity (Wildman–Crippen MR) is 125 cm³/mol. The van der Waals surface area contributed by atoms with Crippen LogP contribution in [0.2, 0.25) is 0 Å². The van der Waals surface area contributed by atoms with Gasteiger partial charge in [0.15, 0.2) is 0 Å². The minimum atomic E-state index is 0.985. The smallest absolute Gasteiger partial charge is 0.0459 e. The van der Waals surface area contributed by atoms with Crippen LogP contribution in [-0.2, 0) is 6.42 Å².